The summed E-state index contributed by atoms with van der Waals surface area (Å²) in [6, 6.07) is 11.7. The third-order valence-electron chi connectivity index (χ3n) is 6.45. The van der Waals surface area contributed by atoms with Crippen LogP contribution in [-0.4, -0.2) is 69.3 Å². The van der Waals surface area contributed by atoms with Gasteiger partial charge in [-0.1, -0.05) is 0 Å². The lowest BCUT2D eigenvalue weighted by Gasteiger charge is -2.10. The number of nitrogens with one attached hydrogen (secondary N) is 2. The number of carbonyl (C=O) groups is 1. The first kappa shape index (κ1) is 31.2. The van der Waals surface area contributed by atoms with Crippen LogP contribution in [0.25, 0.3) is 31.8 Å². The number of hydrogen-bond donors (Lipinski definition) is 2. The molecule has 0 saturated heterocycles. The summed E-state index contributed by atoms with van der Waals surface area (Å²) in [5.41, 5.74) is 3.73. The first-order valence-electron chi connectivity index (χ1n) is 13.7. The van der Waals surface area contributed by atoms with E-state index in [1.807, 2.05) is 26.0 Å². The van der Waals surface area contributed by atoms with Crippen molar-refractivity contribution in [1.82, 2.24) is 25.0 Å². The van der Waals surface area contributed by atoms with Crippen molar-refractivity contribution in [3.05, 3.63) is 71.7 Å². The van der Waals surface area contributed by atoms with Crippen molar-refractivity contribution in [2.24, 2.45) is 0 Å². The number of hydrogen-bond acceptors (Lipinski definition) is 10. The third kappa shape index (κ3) is 7.10. The second-order valence-corrected chi connectivity index (χ2v) is 12.4. The highest BCUT2D eigenvalue weighted by atomic mass is 32.2. The largest absolute Gasteiger partial charge is 0.492 e. The fourth-order valence-corrected chi connectivity index (χ4v) is 6.50. The van der Waals surface area contributed by atoms with Crippen molar-refractivity contribution in [2.45, 2.75) is 18.7 Å². The molecule has 0 atom stereocenters. The Morgan fingerprint density at radius 3 is 2.55 bits per heavy atom. The van der Waals surface area contributed by atoms with E-state index in [-0.39, 0.29) is 24.0 Å². The molecule has 0 spiro atoms. The van der Waals surface area contributed by atoms with Gasteiger partial charge in [-0.15, -0.1) is 11.3 Å². The number of fused-ring (bicyclic) bond motifs is 2. The van der Waals surface area contributed by atoms with Gasteiger partial charge in [-0.05, 0) is 67.9 Å². The summed E-state index contributed by atoms with van der Waals surface area (Å²) in [5, 5.41) is 3.48. The van der Waals surface area contributed by atoms with Crippen molar-refractivity contribution in [3.63, 3.8) is 0 Å². The van der Waals surface area contributed by atoms with Gasteiger partial charge in [0, 0.05) is 31.3 Å². The molecule has 230 valence electrons. The predicted octanol–water partition coefficient (Wildman–Crippen LogP) is 4.49. The van der Waals surface area contributed by atoms with E-state index in [1.54, 1.807) is 25.4 Å². The zero-order valence-corrected chi connectivity index (χ0v) is 25.9. The summed E-state index contributed by atoms with van der Waals surface area (Å²) in [6.07, 6.45) is 1.54. The van der Waals surface area contributed by atoms with Gasteiger partial charge in [0.15, 0.2) is 0 Å². The SMILES string of the molecule is CCOc1cnc2c(-c3nc4c(C)cc(OCCNS(=O)(=O)c5ccc(F)cc5)cc4s3)cc(C(=O)NCCOC)cc2n1. The zero-order chi connectivity index (χ0) is 31.3. The standard InChI is InChI=1S/C30H30FN5O6S2/c1-4-41-26-17-33-28-23(14-19(15-24(28)35-26)29(37)32-9-11-40-3)30-36-27-18(2)13-21(16-25(27)43-30)42-12-10-34-44(38,39)22-7-5-20(31)6-8-22/h5-8,13-17,34H,4,9-12H2,1-3H3,(H,32,37). The van der Waals surface area contributed by atoms with Gasteiger partial charge in [0.05, 0.1) is 45.6 Å². The van der Waals surface area contributed by atoms with Crippen LogP contribution in [0.2, 0.25) is 0 Å². The fourth-order valence-electron chi connectivity index (χ4n) is 4.39. The van der Waals surface area contributed by atoms with E-state index in [4.69, 9.17) is 19.2 Å². The Morgan fingerprint density at radius 1 is 1.00 bits per heavy atom. The minimum atomic E-state index is -3.80. The molecule has 0 aliphatic rings. The Morgan fingerprint density at radius 2 is 1.80 bits per heavy atom. The number of amides is 1. The highest BCUT2D eigenvalue weighted by Gasteiger charge is 2.19. The molecule has 14 heteroatoms. The van der Waals surface area contributed by atoms with Crippen LogP contribution in [0.5, 0.6) is 11.6 Å². The molecular weight excluding hydrogens is 609 g/mol. The van der Waals surface area contributed by atoms with Gasteiger partial charge >= 0.3 is 0 Å². The van der Waals surface area contributed by atoms with Crippen LogP contribution in [0.3, 0.4) is 0 Å². The van der Waals surface area contributed by atoms with E-state index in [2.05, 4.69) is 20.0 Å². The molecule has 0 saturated carbocycles. The molecule has 44 heavy (non-hydrogen) atoms. The van der Waals surface area contributed by atoms with Gasteiger partial charge in [-0.3, -0.25) is 4.79 Å². The molecule has 0 unspecified atom stereocenters. The monoisotopic (exact) mass is 639 g/mol. The molecule has 11 nitrogen and oxygen atoms in total. The predicted molar refractivity (Wildman–Crippen MR) is 165 cm³/mol. The maximum absolute atomic E-state index is 13.2. The maximum atomic E-state index is 13.2. The van der Waals surface area contributed by atoms with Gasteiger partial charge in [0.2, 0.25) is 15.9 Å². The molecule has 2 aromatic heterocycles. The molecular formula is C30H30FN5O6S2. The van der Waals surface area contributed by atoms with E-state index in [0.717, 1.165) is 27.9 Å². The highest BCUT2D eigenvalue weighted by Crippen LogP contribution is 2.37. The van der Waals surface area contributed by atoms with E-state index >= 15 is 0 Å². The highest BCUT2D eigenvalue weighted by molar-refractivity contribution is 7.89. The van der Waals surface area contributed by atoms with Gasteiger partial charge in [0.25, 0.3) is 5.91 Å². The van der Waals surface area contributed by atoms with Crippen LogP contribution in [0.1, 0.15) is 22.8 Å². The lowest BCUT2D eigenvalue weighted by Crippen LogP contribution is -2.28. The number of rotatable bonds is 13. The molecule has 0 bridgehead atoms. The van der Waals surface area contributed by atoms with E-state index in [9.17, 15) is 17.6 Å². The topological polar surface area (TPSA) is 142 Å². The Kier molecular flexibility index (Phi) is 9.64. The lowest BCUT2D eigenvalue weighted by atomic mass is 10.1. The molecule has 5 rings (SSSR count). The second-order valence-electron chi connectivity index (χ2n) is 9.59. The lowest BCUT2D eigenvalue weighted by molar-refractivity contribution is 0.0937. The number of nitrogens with zero attached hydrogens (tertiary/aromatic N) is 3. The van der Waals surface area contributed by atoms with Crippen molar-refractivity contribution in [2.75, 3.05) is 40.0 Å². The van der Waals surface area contributed by atoms with Gasteiger partial charge in [0.1, 0.15) is 23.2 Å². The van der Waals surface area contributed by atoms with Crippen LogP contribution in [-0.2, 0) is 14.8 Å². The van der Waals surface area contributed by atoms with Crippen LogP contribution in [0.15, 0.2) is 59.6 Å². The fraction of sp³-hybridized carbons (Fsp3) is 0.267. The zero-order valence-electron chi connectivity index (χ0n) is 24.2. The average molecular weight is 640 g/mol. The van der Waals surface area contributed by atoms with E-state index in [0.29, 0.717) is 58.6 Å². The molecule has 0 fully saturated rings. The minimum absolute atomic E-state index is 0.0123. The number of aryl methyl sites for hydroxylation is 1. The smallest absolute Gasteiger partial charge is 0.251 e. The Labute approximate surface area is 257 Å². The van der Waals surface area contributed by atoms with Crippen molar-refractivity contribution >= 4 is 48.5 Å². The number of methoxy groups -OCH3 is 1. The number of carbonyl (C=O) groups excluding carboxylic acids is 1. The minimum Gasteiger partial charge on any atom is -0.492 e. The van der Waals surface area contributed by atoms with Crippen LogP contribution in [0.4, 0.5) is 4.39 Å². The number of halogens is 1. The molecule has 2 N–H and O–H groups in total. The normalized spacial score (nSPS) is 11.6. The molecule has 0 aliphatic carbocycles. The summed E-state index contributed by atoms with van der Waals surface area (Å²) in [5.74, 6) is 0.0994. The summed E-state index contributed by atoms with van der Waals surface area (Å²) in [4.78, 5) is 27.0. The van der Waals surface area contributed by atoms with Gasteiger partial charge < -0.3 is 19.5 Å². The van der Waals surface area contributed by atoms with Crippen LogP contribution < -0.4 is 19.5 Å². The van der Waals surface area contributed by atoms with Gasteiger partial charge in [-0.25, -0.2) is 32.5 Å². The number of ether oxygens (including phenoxy) is 3. The number of thiazole rings is 1. The van der Waals surface area contributed by atoms with Crippen LogP contribution >= 0.6 is 11.3 Å². The molecule has 1 amide bonds. The quantitative estimate of drug-likeness (QED) is 0.178. The summed E-state index contributed by atoms with van der Waals surface area (Å²) >= 11 is 1.41. The summed E-state index contributed by atoms with van der Waals surface area (Å²) in [7, 11) is -2.24. The van der Waals surface area contributed by atoms with Crippen molar-refractivity contribution in [1.29, 1.82) is 0 Å². The Hall–Kier alpha value is -4.24. The van der Waals surface area contributed by atoms with Crippen molar-refractivity contribution in [3.8, 4) is 22.2 Å². The third-order valence-corrected chi connectivity index (χ3v) is 8.96. The first-order valence-corrected chi connectivity index (χ1v) is 16.0. The molecule has 5 aromatic rings. The van der Waals surface area contributed by atoms with Crippen molar-refractivity contribution < 1.29 is 31.8 Å². The molecule has 2 heterocycles. The summed E-state index contributed by atoms with van der Waals surface area (Å²) in [6.45, 7) is 4.99. The Balaban J connectivity index is 1.40. The maximum Gasteiger partial charge on any atom is 0.251 e. The Bertz CT molecular complexity index is 1920. The molecule has 3 aromatic carbocycles. The van der Waals surface area contributed by atoms with E-state index in [1.165, 1.54) is 23.5 Å². The van der Waals surface area contributed by atoms with Gasteiger partial charge in [-0.2, -0.15) is 0 Å². The average Bonchev–Trinajstić information content (AvgIpc) is 3.44. The molecule has 0 aliphatic heterocycles. The summed E-state index contributed by atoms with van der Waals surface area (Å²) < 4.78 is 57.8. The number of sulfonamides is 1. The van der Waals surface area contributed by atoms with Crippen LogP contribution in [0, 0.1) is 12.7 Å². The number of aromatic nitrogens is 3. The number of benzene rings is 3. The first-order chi connectivity index (χ1) is 21.2. The molecule has 0 radical (unpaired) electrons. The van der Waals surface area contributed by atoms with E-state index < -0.39 is 15.8 Å². The second kappa shape index (κ2) is 13.6.